The summed E-state index contributed by atoms with van der Waals surface area (Å²) < 4.78 is 12.2. The normalized spacial score (nSPS) is 10.5. The number of carbonyl (C=O) groups excluding carboxylic acids is 1. The Balaban J connectivity index is 1.58. The van der Waals surface area contributed by atoms with E-state index in [1.54, 1.807) is 36.6 Å². The summed E-state index contributed by atoms with van der Waals surface area (Å²) in [4.78, 5) is 12.3. The van der Waals surface area contributed by atoms with E-state index < -0.39 is 0 Å². The third-order valence-corrected chi connectivity index (χ3v) is 4.42. The van der Waals surface area contributed by atoms with Crippen molar-refractivity contribution in [2.75, 3.05) is 20.8 Å². The molecule has 7 heteroatoms. The lowest BCUT2D eigenvalue weighted by molar-refractivity contribution is 0.0949. The van der Waals surface area contributed by atoms with Gasteiger partial charge in [-0.15, -0.1) is 0 Å². The maximum atomic E-state index is 12.3. The number of hydrogen-bond acceptors (Lipinski definition) is 5. The first-order valence-electron chi connectivity index (χ1n) is 7.77. The summed E-state index contributed by atoms with van der Waals surface area (Å²) in [5.41, 5.74) is 2.52. The Morgan fingerprint density at radius 1 is 1.24 bits per heavy atom. The Morgan fingerprint density at radius 3 is 2.84 bits per heavy atom. The molecule has 0 atom stereocenters. The molecule has 0 saturated carbocycles. The van der Waals surface area contributed by atoms with Gasteiger partial charge in [-0.3, -0.25) is 9.48 Å². The van der Waals surface area contributed by atoms with Crippen molar-refractivity contribution >= 4 is 17.2 Å². The molecule has 0 aliphatic heterocycles. The monoisotopic (exact) mass is 357 g/mol. The molecule has 2 aromatic heterocycles. The Hall–Kier alpha value is -2.80. The third-order valence-electron chi connectivity index (χ3n) is 3.74. The standard InChI is InChI=1S/C18H19N3O3S/c1-23-14-3-4-15(17(11-14)24-2)18(22)19-7-9-21-8-5-16(20-21)13-6-10-25-12-13/h3-6,8,10-12H,7,9H2,1-2H3,(H,19,22). The van der Waals surface area contributed by atoms with Crippen LogP contribution in [0.4, 0.5) is 0 Å². The number of aromatic nitrogens is 2. The van der Waals surface area contributed by atoms with E-state index in [0.29, 0.717) is 30.2 Å². The Labute approximate surface area is 150 Å². The van der Waals surface area contributed by atoms with Crippen molar-refractivity contribution in [1.29, 1.82) is 0 Å². The van der Waals surface area contributed by atoms with Crippen molar-refractivity contribution < 1.29 is 14.3 Å². The van der Waals surface area contributed by atoms with Crippen LogP contribution in [0.25, 0.3) is 11.3 Å². The van der Waals surface area contributed by atoms with Crippen molar-refractivity contribution in [3.8, 4) is 22.8 Å². The van der Waals surface area contributed by atoms with Crippen LogP contribution in [0.3, 0.4) is 0 Å². The van der Waals surface area contributed by atoms with E-state index in [-0.39, 0.29) is 5.91 Å². The molecule has 0 bridgehead atoms. The Bertz CT molecular complexity index is 843. The fraction of sp³-hybridized carbons (Fsp3) is 0.222. The van der Waals surface area contributed by atoms with Gasteiger partial charge in [0.25, 0.3) is 5.91 Å². The minimum Gasteiger partial charge on any atom is -0.497 e. The van der Waals surface area contributed by atoms with Gasteiger partial charge >= 0.3 is 0 Å². The number of thiophene rings is 1. The van der Waals surface area contributed by atoms with Crippen LogP contribution in [-0.4, -0.2) is 36.5 Å². The van der Waals surface area contributed by atoms with E-state index >= 15 is 0 Å². The fourth-order valence-corrected chi connectivity index (χ4v) is 3.07. The molecule has 3 rings (SSSR count). The number of ether oxygens (including phenoxy) is 2. The van der Waals surface area contributed by atoms with Gasteiger partial charge in [0.2, 0.25) is 0 Å². The summed E-state index contributed by atoms with van der Waals surface area (Å²) in [5.74, 6) is 0.936. The first kappa shape index (κ1) is 17.0. The van der Waals surface area contributed by atoms with Gasteiger partial charge in [0.05, 0.1) is 32.0 Å². The van der Waals surface area contributed by atoms with Gasteiger partial charge in [-0.05, 0) is 29.6 Å². The highest BCUT2D eigenvalue weighted by molar-refractivity contribution is 7.08. The van der Waals surface area contributed by atoms with Gasteiger partial charge in [-0.2, -0.15) is 16.4 Å². The molecule has 1 N–H and O–H groups in total. The van der Waals surface area contributed by atoms with E-state index in [1.165, 1.54) is 7.11 Å². The molecular weight excluding hydrogens is 338 g/mol. The fourth-order valence-electron chi connectivity index (χ4n) is 2.42. The molecule has 6 nitrogen and oxygen atoms in total. The van der Waals surface area contributed by atoms with E-state index in [9.17, 15) is 4.79 Å². The first-order valence-corrected chi connectivity index (χ1v) is 8.72. The second kappa shape index (κ2) is 7.85. The van der Waals surface area contributed by atoms with Crippen molar-refractivity contribution in [3.63, 3.8) is 0 Å². The van der Waals surface area contributed by atoms with Gasteiger partial charge in [-0.25, -0.2) is 0 Å². The number of nitrogens with one attached hydrogen (secondary N) is 1. The van der Waals surface area contributed by atoms with Gasteiger partial charge in [0, 0.05) is 29.8 Å². The number of carbonyl (C=O) groups is 1. The molecule has 2 heterocycles. The summed E-state index contributed by atoms with van der Waals surface area (Å²) in [5, 5.41) is 11.5. The molecule has 0 radical (unpaired) electrons. The number of rotatable bonds is 7. The molecule has 25 heavy (non-hydrogen) atoms. The van der Waals surface area contributed by atoms with E-state index in [4.69, 9.17) is 9.47 Å². The van der Waals surface area contributed by atoms with E-state index in [1.807, 2.05) is 28.4 Å². The zero-order valence-corrected chi connectivity index (χ0v) is 14.9. The van der Waals surface area contributed by atoms with Crippen LogP contribution in [-0.2, 0) is 6.54 Å². The van der Waals surface area contributed by atoms with E-state index in [2.05, 4.69) is 15.8 Å². The molecule has 3 aromatic rings. The zero-order chi connectivity index (χ0) is 17.6. The predicted octanol–water partition coefficient (Wildman–Crippen LogP) is 3.06. The van der Waals surface area contributed by atoms with Gasteiger partial charge in [-0.1, -0.05) is 0 Å². The summed E-state index contributed by atoms with van der Waals surface area (Å²) >= 11 is 1.64. The summed E-state index contributed by atoms with van der Waals surface area (Å²) in [7, 11) is 3.10. The summed E-state index contributed by atoms with van der Waals surface area (Å²) in [6, 6.07) is 9.12. The molecule has 0 aliphatic rings. The zero-order valence-electron chi connectivity index (χ0n) is 14.1. The highest BCUT2D eigenvalue weighted by Crippen LogP contribution is 2.24. The maximum Gasteiger partial charge on any atom is 0.255 e. The summed E-state index contributed by atoms with van der Waals surface area (Å²) in [6.45, 7) is 1.06. The molecule has 0 aliphatic carbocycles. The second-order valence-electron chi connectivity index (χ2n) is 5.30. The number of nitrogens with zero attached hydrogens (tertiary/aromatic N) is 2. The molecule has 0 fully saturated rings. The number of methoxy groups -OCH3 is 2. The van der Waals surface area contributed by atoms with Crippen molar-refractivity contribution in [1.82, 2.24) is 15.1 Å². The second-order valence-corrected chi connectivity index (χ2v) is 6.08. The summed E-state index contributed by atoms with van der Waals surface area (Å²) in [6.07, 6.45) is 1.91. The quantitative estimate of drug-likeness (QED) is 0.706. The van der Waals surface area contributed by atoms with Crippen LogP contribution in [0.15, 0.2) is 47.3 Å². The third kappa shape index (κ3) is 4.00. The number of amides is 1. The smallest absolute Gasteiger partial charge is 0.255 e. The van der Waals surface area contributed by atoms with Crippen LogP contribution < -0.4 is 14.8 Å². The average molecular weight is 357 g/mol. The topological polar surface area (TPSA) is 65.4 Å². The molecule has 1 amide bonds. The Kier molecular flexibility index (Phi) is 5.35. The van der Waals surface area contributed by atoms with E-state index in [0.717, 1.165) is 11.3 Å². The van der Waals surface area contributed by atoms with Crippen molar-refractivity contribution in [3.05, 3.63) is 52.9 Å². The highest BCUT2D eigenvalue weighted by Gasteiger charge is 2.13. The Morgan fingerprint density at radius 2 is 2.12 bits per heavy atom. The van der Waals surface area contributed by atoms with Crippen molar-refractivity contribution in [2.45, 2.75) is 6.54 Å². The number of benzene rings is 1. The van der Waals surface area contributed by atoms with Gasteiger partial charge in [0.15, 0.2) is 0 Å². The molecule has 130 valence electrons. The molecule has 0 spiro atoms. The minimum absolute atomic E-state index is 0.190. The average Bonchev–Trinajstić information content (AvgIpc) is 3.32. The van der Waals surface area contributed by atoms with Crippen LogP contribution in [0.1, 0.15) is 10.4 Å². The maximum absolute atomic E-state index is 12.3. The first-order chi connectivity index (χ1) is 12.2. The minimum atomic E-state index is -0.190. The lowest BCUT2D eigenvalue weighted by Crippen LogP contribution is -2.27. The largest absolute Gasteiger partial charge is 0.497 e. The van der Waals surface area contributed by atoms with Crippen LogP contribution in [0.5, 0.6) is 11.5 Å². The predicted molar refractivity (Wildman–Crippen MR) is 97.4 cm³/mol. The SMILES string of the molecule is COc1ccc(C(=O)NCCn2ccc(-c3ccsc3)n2)c(OC)c1. The number of hydrogen-bond donors (Lipinski definition) is 1. The molecule has 0 unspecified atom stereocenters. The molecule has 1 aromatic carbocycles. The lowest BCUT2D eigenvalue weighted by Gasteiger charge is -2.11. The van der Waals surface area contributed by atoms with Crippen molar-refractivity contribution in [2.24, 2.45) is 0 Å². The van der Waals surface area contributed by atoms with Crippen LogP contribution in [0.2, 0.25) is 0 Å². The van der Waals surface area contributed by atoms with Gasteiger partial charge in [0.1, 0.15) is 11.5 Å². The van der Waals surface area contributed by atoms with Crippen LogP contribution in [0, 0.1) is 0 Å². The van der Waals surface area contributed by atoms with Gasteiger partial charge < -0.3 is 14.8 Å². The molecular formula is C18H19N3O3S. The van der Waals surface area contributed by atoms with Crippen LogP contribution >= 0.6 is 11.3 Å². The molecule has 0 saturated heterocycles. The highest BCUT2D eigenvalue weighted by atomic mass is 32.1. The lowest BCUT2D eigenvalue weighted by atomic mass is 10.1.